The first-order valence-corrected chi connectivity index (χ1v) is 11.5. The fraction of sp³-hybridized carbons (Fsp3) is 0.375. The molecular weight excluding hydrogens is 473 g/mol. The third kappa shape index (κ3) is 4.40. The summed E-state index contributed by atoms with van der Waals surface area (Å²) in [6.07, 6.45) is -0.244. The average molecular weight is 497 g/mol. The molecular formula is C24H24FN5O6. The van der Waals surface area contributed by atoms with E-state index in [9.17, 15) is 24.3 Å². The first-order chi connectivity index (χ1) is 17.2. The van der Waals surface area contributed by atoms with E-state index in [-0.39, 0.29) is 56.5 Å². The molecule has 3 aliphatic rings. The van der Waals surface area contributed by atoms with Crippen molar-refractivity contribution in [2.75, 3.05) is 13.1 Å². The molecule has 3 aliphatic heterocycles. The van der Waals surface area contributed by atoms with Crippen LogP contribution < -0.4 is 10.6 Å². The van der Waals surface area contributed by atoms with Crippen molar-refractivity contribution < 1.29 is 33.8 Å². The standard InChI is InChI=1S/C24H24FN5O6/c25-20-13(8-29-10-16(18(31)11-29)27-24(35)36)5-6-26-21(20)12-1-2-15-14(7-12)9-30(23(15)34)17-3-4-19(32)28-22(17)33/h1-2,5-7,16-18,27,31H,3-4,8-11H2,(H,35,36)(H,28,32,33)/t16-,17?,18-/m0/s1. The number of pyridine rings is 1. The number of hydrogen-bond donors (Lipinski definition) is 4. The van der Waals surface area contributed by atoms with Crippen LogP contribution in [0.2, 0.25) is 0 Å². The first kappa shape index (κ1) is 23.8. The van der Waals surface area contributed by atoms with Gasteiger partial charge in [0.15, 0.2) is 5.82 Å². The Bertz CT molecular complexity index is 1270. The number of halogens is 1. The Kier molecular flexibility index (Phi) is 6.14. The molecule has 0 spiro atoms. The maximum absolute atomic E-state index is 15.5. The molecule has 11 nitrogen and oxygen atoms in total. The van der Waals surface area contributed by atoms with E-state index in [1.165, 1.54) is 17.2 Å². The zero-order valence-electron chi connectivity index (χ0n) is 19.1. The number of benzene rings is 1. The SMILES string of the molecule is O=C(O)N[C@H]1CN(Cc2ccnc(-c3ccc4c(c3)CN(C3CCC(=O)NC3=O)C4=O)c2F)C[C@@H]1O. The summed E-state index contributed by atoms with van der Waals surface area (Å²) >= 11 is 0. The summed E-state index contributed by atoms with van der Waals surface area (Å²) in [4.78, 5) is 54.9. The van der Waals surface area contributed by atoms with Crippen molar-refractivity contribution in [2.24, 2.45) is 0 Å². The highest BCUT2D eigenvalue weighted by molar-refractivity contribution is 6.05. The molecule has 1 aromatic carbocycles. The average Bonchev–Trinajstić information content (AvgIpc) is 3.33. The van der Waals surface area contributed by atoms with Crippen LogP contribution in [0.3, 0.4) is 0 Å². The van der Waals surface area contributed by atoms with E-state index in [2.05, 4.69) is 15.6 Å². The highest BCUT2D eigenvalue weighted by atomic mass is 19.1. The molecule has 1 unspecified atom stereocenters. The highest BCUT2D eigenvalue weighted by Gasteiger charge is 2.39. The highest BCUT2D eigenvalue weighted by Crippen LogP contribution is 2.32. The molecule has 188 valence electrons. The Balaban J connectivity index is 1.34. The Morgan fingerprint density at radius 3 is 2.78 bits per heavy atom. The molecule has 4 N–H and O–H groups in total. The van der Waals surface area contributed by atoms with Crippen molar-refractivity contribution in [3.05, 3.63) is 53.0 Å². The number of nitrogens with zero attached hydrogens (tertiary/aromatic N) is 3. The number of carbonyl (C=O) groups excluding carboxylic acids is 3. The third-order valence-electron chi connectivity index (χ3n) is 6.83. The number of aromatic nitrogens is 1. The molecule has 0 aliphatic carbocycles. The van der Waals surface area contributed by atoms with E-state index in [0.717, 1.165) is 0 Å². The zero-order valence-corrected chi connectivity index (χ0v) is 19.1. The van der Waals surface area contributed by atoms with E-state index in [1.807, 2.05) is 0 Å². The van der Waals surface area contributed by atoms with Crippen molar-refractivity contribution in [1.82, 2.24) is 25.4 Å². The topological polar surface area (TPSA) is 152 Å². The van der Waals surface area contributed by atoms with Crippen LogP contribution in [0.1, 0.15) is 34.3 Å². The zero-order chi connectivity index (χ0) is 25.6. The number of hydrogen-bond acceptors (Lipinski definition) is 7. The van der Waals surface area contributed by atoms with Crippen LogP contribution in [0.15, 0.2) is 30.5 Å². The van der Waals surface area contributed by atoms with Crippen molar-refractivity contribution in [1.29, 1.82) is 0 Å². The quantitative estimate of drug-likeness (QED) is 0.435. The molecule has 3 atom stereocenters. The van der Waals surface area contributed by atoms with Gasteiger partial charge < -0.3 is 20.4 Å². The molecule has 5 rings (SSSR count). The smallest absolute Gasteiger partial charge is 0.405 e. The number of aliphatic hydroxyl groups excluding tert-OH is 1. The number of amides is 4. The monoisotopic (exact) mass is 497 g/mol. The summed E-state index contributed by atoms with van der Waals surface area (Å²) in [5, 5.41) is 23.5. The van der Waals surface area contributed by atoms with Crippen LogP contribution in [-0.2, 0) is 22.7 Å². The van der Waals surface area contributed by atoms with E-state index in [1.54, 1.807) is 23.1 Å². The second-order valence-electron chi connectivity index (χ2n) is 9.22. The normalized spacial score (nSPS) is 24.1. The van der Waals surface area contributed by atoms with Crippen LogP contribution in [0.4, 0.5) is 9.18 Å². The number of β-amino-alcohol motifs (C(OH)–C–C–N with tert-alkyl or cyclic N) is 1. The molecule has 0 saturated carbocycles. The van der Waals surface area contributed by atoms with Gasteiger partial charge in [0.1, 0.15) is 11.7 Å². The van der Waals surface area contributed by atoms with Gasteiger partial charge in [0, 0.05) is 55.5 Å². The van der Waals surface area contributed by atoms with Crippen molar-refractivity contribution in [3.8, 4) is 11.3 Å². The fourth-order valence-electron chi connectivity index (χ4n) is 5.07. The molecule has 4 amide bonds. The number of nitrogens with one attached hydrogen (secondary N) is 2. The Morgan fingerprint density at radius 1 is 1.22 bits per heavy atom. The lowest BCUT2D eigenvalue weighted by atomic mass is 10.0. The number of imide groups is 1. The molecule has 2 aromatic rings. The van der Waals surface area contributed by atoms with Crippen LogP contribution in [0.25, 0.3) is 11.3 Å². The Hall–Kier alpha value is -3.90. The van der Waals surface area contributed by atoms with Gasteiger partial charge >= 0.3 is 6.09 Å². The number of rotatable bonds is 5. The predicted octanol–water partition coefficient (Wildman–Crippen LogP) is 0.461. The number of fused-ring (bicyclic) bond motifs is 1. The molecule has 0 radical (unpaired) electrons. The summed E-state index contributed by atoms with van der Waals surface area (Å²) in [5.41, 5.74) is 1.96. The minimum atomic E-state index is -1.23. The Morgan fingerprint density at radius 2 is 2.03 bits per heavy atom. The minimum absolute atomic E-state index is 0.0992. The van der Waals surface area contributed by atoms with E-state index < -0.39 is 36.0 Å². The molecule has 2 fully saturated rings. The van der Waals surface area contributed by atoms with E-state index in [4.69, 9.17) is 5.11 Å². The van der Waals surface area contributed by atoms with Crippen molar-refractivity contribution in [3.63, 3.8) is 0 Å². The minimum Gasteiger partial charge on any atom is -0.465 e. The van der Waals surface area contributed by atoms with Gasteiger partial charge in [-0.05, 0) is 30.2 Å². The number of aliphatic hydroxyl groups is 1. The number of carboxylic acid groups (broad SMARTS) is 1. The van der Waals surface area contributed by atoms with Crippen molar-refractivity contribution >= 4 is 23.8 Å². The van der Waals surface area contributed by atoms with Crippen molar-refractivity contribution in [2.45, 2.75) is 44.1 Å². The molecule has 0 bridgehead atoms. The maximum atomic E-state index is 15.5. The number of likely N-dealkylation sites (tertiary alicyclic amines) is 1. The van der Waals surface area contributed by atoms with Gasteiger partial charge in [-0.3, -0.25) is 29.6 Å². The fourth-order valence-corrected chi connectivity index (χ4v) is 5.07. The lowest BCUT2D eigenvalue weighted by Crippen LogP contribution is -2.52. The van der Waals surface area contributed by atoms with Gasteiger partial charge in [0.2, 0.25) is 11.8 Å². The molecule has 2 saturated heterocycles. The van der Waals surface area contributed by atoms with Crippen LogP contribution >= 0.6 is 0 Å². The molecule has 36 heavy (non-hydrogen) atoms. The summed E-state index contributed by atoms with van der Waals surface area (Å²) in [6, 6.07) is 5.01. The molecule has 12 heteroatoms. The van der Waals surface area contributed by atoms with E-state index >= 15 is 4.39 Å². The summed E-state index contributed by atoms with van der Waals surface area (Å²) < 4.78 is 15.5. The lowest BCUT2D eigenvalue weighted by Gasteiger charge is -2.29. The number of carbonyl (C=O) groups is 4. The van der Waals surface area contributed by atoms with E-state index in [0.29, 0.717) is 22.3 Å². The molecule has 1 aromatic heterocycles. The van der Waals surface area contributed by atoms with Crippen LogP contribution in [-0.4, -0.2) is 80.1 Å². The second kappa shape index (κ2) is 9.28. The van der Waals surface area contributed by atoms with Gasteiger partial charge in [-0.1, -0.05) is 6.07 Å². The third-order valence-corrected chi connectivity index (χ3v) is 6.83. The second-order valence-corrected chi connectivity index (χ2v) is 9.22. The van der Waals surface area contributed by atoms with Gasteiger partial charge in [-0.15, -0.1) is 0 Å². The number of piperidine rings is 1. The Labute approximate surface area is 204 Å². The van der Waals surface area contributed by atoms with Crippen LogP contribution in [0, 0.1) is 5.82 Å². The van der Waals surface area contributed by atoms with Gasteiger partial charge in [-0.2, -0.15) is 0 Å². The predicted molar refractivity (Wildman–Crippen MR) is 122 cm³/mol. The van der Waals surface area contributed by atoms with Crippen LogP contribution in [0.5, 0.6) is 0 Å². The summed E-state index contributed by atoms with van der Waals surface area (Å²) in [5.74, 6) is -1.72. The molecule has 4 heterocycles. The van der Waals surface area contributed by atoms with Gasteiger partial charge in [-0.25, -0.2) is 9.18 Å². The largest absolute Gasteiger partial charge is 0.465 e. The maximum Gasteiger partial charge on any atom is 0.405 e. The summed E-state index contributed by atoms with van der Waals surface area (Å²) in [6.45, 7) is 0.753. The van der Waals surface area contributed by atoms with Gasteiger partial charge in [0.25, 0.3) is 5.91 Å². The first-order valence-electron chi connectivity index (χ1n) is 11.5. The summed E-state index contributed by atoms with van der Waals surface area (Å²) in [7, 11) is 0. The van der Waals surface area contributed by atoms with Gasteiger partial charge in [0.05, 0.1) is 12.1 Å². The lowest BCUT2D eigenvalue weighted by molar-refractivity contribution is -0.136.